The van der Waals surface area contributed by atoms with Crippen LogP contribution in [0.15, 0.2) is 72.4 Å². The first-order chi connectivity index (χ1) is 13.7. The second-order valence-corrected chi connectivity index (χ2v) is 7.23. The van der Waals surface area contributed by atoms with Crippen molar-refractivity contribution in [2.24, 2.45) is 0 Å². The minimum absolute atomic E-state index is 0.0478. The number of nitrogens with zero attached hydrogens (tertiary/aromatic N) is 2. The molecule has 2 aromatic heterocycles. The van der Waals surface area contributed by atoms with E-state index in [1.165, 1.54) is 11.3 Å². The van der Waals surface area contributed by atoms with E-state index in [1.807, 2.05) is 47.8 Å². The largest absolute Gasteiger partial charge is 0.298 e. The molecule has 0 bridgehead atoms. The molecule has 0 radical (unpaired) electrons. The van der Waals surface area contributed by atoms with Gasteiger partial charge in [-0.3, -0.25) is 19.9 Å². The Kier molecular flexibility index (Phi) is 3.84. The first-order valence-electron chi connectivity index (χ1n) is 8.66. The Morgan fingerprint density at radius 2 is 1.75 bits per heavy atom. The number of hydrogen-bond donors (Lipinski definition) is 1. The summed E-state index contributed by atoms with van der Waals surface area (Å²) in [6, 6.07) is 16.5. The minimum atomic E-state index is -0.293. The molecule has 28 heavy (non-hydrogen) atoms. The summed E-state index contributed by atoms with van der Waals surface area (Å²) in [6.07, 6.45) is 3.43. The number of nitrogens with one attached hydrogen (secondary N) is 1. The lowest BCUT2D eigenvalue weighted by atomic mass is 10.0. The summed E-state index contributed by atoms with van der Waals surface area (Å²) in [5.74, 6) is -0.341. The van der Waals surface area contributed by atoms with Crippen molar-refractivity contribution in [2.75, 3.05) is 5.32 Å². The predicted octanol–water partition coefficient (Wildman–Crippen LogP) is 4.67. The van der Waals surface area contributed by atoms with Gasteiger partial charge in [-0.05, 0) is 35.4 Å². The number of pyridine rings is 1. The molecule has 5 nitrogen and oxygen atoms in total. The highest BCUT2D eigenvalue weighted by atomic mass is 32.1. The van der Waals surface area contributed by atoms with Crippen LogP contribution < -0.4 is 5.32 Å². The number of aromatic nitrogens is 2. The number of thiazole rings is 1. The zero-order chi connectivity index (χ0) is 19.1. The summed E-state index contributed by atoms with van der Waals surface area (Å²) in [5, 5.41) is 5.18. The Morgan fingerprint density at radius 3 is 2.57 bits per heavy atom. The number of benzene rings is 2. The highest BCUT2D eigenvalue weighted by Crippen LogP contribution is 2.36. The maximum absolute atomic E-state index is 12.7. The van der Waals surface area contributed by atoms with Crippen LogP contribution in [0, 0.1) is 0 Å². The minimum Gasteiger partial charge on any atom is -0.298 e. The van der Waals surface area contributed by atoms with Gasteiger partial charge in [-0.25, -0.2) is 4.98 Å². The smallest absolute Gasteiger partial charge is 0.257 e. The molecule has 1 N–H and O–H groups in total. The van der Waals surface area contributed by atoms with Crippen LogP contribution in [-0.2, 0) is 0 Å². The van der Waals surface area contributed by atoms with Crippen LogP contribution in [0.4, 0.5) is 5.13 Å². The lowest BCUT2D eigenvalue weighted by Gasteiger charge is -2.04. The Morgan fingerprint density at radius 1 is 0.929 bits per heavy atom. The number of carbonyl (C=O) groups excluding carboxylic acids is 2. The average Bonchev–Trinajstić information content (AvgIpc) is 3.32. The Hall–Kier alpha value is -3.64. The summed E-state index contributed by atoms with van der Waals surface area (Å²) < 4.78 is 0. The summed E-state index contributed by atoms with van der Waals surface area (Å²) in [5.41, 5.74) is 5.09. The van der Waals surface area contributed by atoms with Crippen LogP contribution in [0.3, 0.4) is 0 Å². The van der Waals surface area contributed by atoms with Crippen LogP contribution in [0.25, 0.3) is 22.4 Å². The Balaban J connectivity index is 1.40. The van der Waals surface area contributed by atoms with Gasteiger partial charge in [0, 0.05) is 40.0 Å². The summed E-state index contributed by atoms with van der Waals surface area (Å²) in [7, 11) is 0. The molecule has 5 rings (SSSR count). The van der Waals surface area contributed by atoms with Crippen molar-refractivity contribution in [1.29, 1.82) is 0 Å². The van der Waals surface area contributed by atoms with E-state index in [2.05, 4.69) is 15.3 Å². The quantitative estimate of drug-likeness (QED) is 0.491. The molecule has 0 atom stereocenters. The monoisotopic (exact) mass is 383 g/mol. The number of hydrogen-bond acceptors (Lipinski definition) is 5. The average molecular weight is 383 g/mol. The van der Waals surface area contributed by atoms with Gasteiger partial charge in [0.25, 0.3) is 5.91 Å². The molecule has 0 spiro atoms. The van der Waals surface area contributed by atoms with Crippen LogP contribution >= 0.6 is 11.3 Å². The number of carbonyl (C=O) groups is 2. The van der Waals surface area contributed by atoms with Crippen LogP contribution in [-0.4, -0.2) is 21.7 Å². The molecule has 2 aromatic carbocycles. The highest BCUT2D eigenvalue weighted by molar-refractivity contribution is 7.14. The summed E-state index contributed by atoms with van der Waals surface area (Å²) in [6.45, 7) is 0. The number of amides is 1. The van der Waals surface area contributed by atoms with E-state index in [-0.39, 0.29) is 11.7 Å². The van der Waals surface area contributed by atoms with E-state index in [0.29, 0.717) is 21.8 Å². The van der Waals surface area contributed by atoms with Crippen molar-refractivity contribution in [3.8, 4) is 22.4 Å². The van der Waals surface area contributed by atoms with E-state index >= 15 is 0 Å². The normalized spacial score (nSPS) is 11.8. The zero-order valence-corrected chi connectivity index (χ0v) is 15.4. The molecule has 2 heterocycles. The number of rotatable bonds is 3. The van der Waals surface area contributed by atoms with E-state index in [9.17, 15) is 9.59 Å². The lowest BCUT2D eigenvalue weighted by molar-refractivity contribution is 0.102. The number of fused-ring (bicyclic) bond motifs is 3. The van der Waals surface area contributed by atoms with Gasteiger partial charge in [0.15, 0.2) is 10.9 Å². The summed E-state index contributed by atoms with van der Waals surface area (Å²) >= 11 is 1.35. The molecular formula is C22H13N3O2S. The molecule has 0 saturated carbocycles. The van der Waals surface area contributed by atoms with Gasteiger partial charge in [-0.1, -0.05) is 30.3 Å². The third-order valence-corrected chi connectivity index (χ3v) is 5.43. The maximum atomic E-state index is 12.7. The molecular weight excluding hydrogens is 370 g/mol. The predicted molar refractivity (Wildman–Crippen MR) is 109 cm³/mol. The van der Waals surface area contributed by atoms with Crippen molar-refractivity contribution in [3.05, 3.63) is 89.1 Å². The fourth-order valence-corrected chi connectivity index (χ4v) is 4.03. The topological polar surface area (TPSA) is 72.0 Å². The molecule has 6 heteroatoms. The van der Waals surface area contributed by atoms with Crippen molar-refractivity contribution in [3.63, 3.8) is 0 Å². The van der Waals surface area contributed by atoms with Gasteiger partial charge in [-0.15, -0.1) is 11.3 Å². The number of anilines is 1. The van der Waals surface area contributed by atoms with Gasteiger partial charge in [0.1, 0.15) is 0 Å². The van der Waals surface area contributed by atoms with Crippen molar-refractivity contribution >= 4 is 28.2 Å². The van der Waals surface area contributed by atoms with Crippen LogP contribution in [0.2, 0.25) is 0 Å². The Labute approximate surface area is 164 Å². The SMILES string of the molecule is O=C(Nc1nc(-c2cccnc2)cs1)c1ccc2c(c1)C(=O)c1ccccc1-2. The molecule has 1 aliphatic carbocycles. The van der Waals surface area contributed by atoms with Gasteiger partial charge in [-0.2, -0.15) is 0 Å². The number of ketones is 1. The van der Waals surface area contributed by atoms with Crippen LogP contribution in [0.5, 0.6) is 0 Å². The first-order valence-corrected chi connectivity index (χ1v) is 9.54. The molecule has 0 saturated heterocycles. The fourth-order valence-electron chi connectivity index (χ4n) is 3.32. The van der Waals surface area contributed by atoms with E-state index in [0.717, 1.165) is 22.4 Å². The van der Waals surface area contributed by atoms with Crippen molar-refractivity contribution in [1.82, 2.24) is 9.97 Å². The van der Waals surface area contributed by atoms with Gasteiger partial charge in [0.05, 0.1) is 5.69 Å². The standard InChI is InChI=1S/C22H13N3O2S/c26-20-17-6-2-1-5-15(17)16-8-7-13(10-18(16)20)21(27)25-22-24-19(12-28-22)14-4-3-9-23-11-14/h1-12H,(H,24,25,27). The molecule has 1 amide bonds. The van der Waals surface area contributed by atoms with Crippen molar-refractivity contribution in [2.45, 2.75) is 0 Å². The highest BCUT2D eigenvalue weighted by Gasteiger charge is 2.27. The van der Waals surface area contributed by atoms with Gasteiger partial charge < -0.3 is 0 Å². The Bertz CT molecular complexity index is 1230. The van der Waals surface area contributed by atoms with E-state index in [4.69, 9.17) is 0 Å². The lowest BCUT2D eigenvalue weighted by Crippen LogP contribution is -2.12. The fraction of sp³-hybridized carbons (Fsp3) is 0. The third kappa shape index (κ3) is 2.71. The molecule has 0 fully saturated rings. The van der Waals surface area contributed by atoms with Gasteiger partial charge >= 0.3 is 0 Å². The molecule has 4 aromatic rings. The third-order valence-electron chi connectivity index (χ3n) is 4.67. The van der Waals surface area contributed by atoms with Crippen LogP contribution in [0.1, 0.15) is 26.3 Å². The zero-order valence-electron chi connectivity index (χ0n) is 14.5. The van der Waals surface area contributed by atoms with E-state index < -0.39 is 0 Å². The first kappa shape index (κ1) is 16.5. The molecule has 1 aliphatic rings. The maximum Gasteiger partial charge on any atom is 0.257 e. The van der Waals surface area contributed by atoms with Crippen molar-refractivity contribution < 1.29 is 9.59 Å². The summed E-state index contributed by atoms with van der Waals surface area (Å²) in [4.78, 5) is 33.8. The second-order valence-electron chi connectivity index (χ2n) is 6.37. The second kappa shape index (κ2) is 6.51. The van der Waals surface area contributed by atoms with E-state index in [1.54, 1.807) is 24.5 Å². The molecule has 0 unspecified atom stereocenters. The molecule has 0 aliphatic heterocycles. The molecule has 134 valence electrons. The van der Waals surface area contributed by atoms with Gasteiger partial charge in [0.2, 0.25) is 0 Å².